The van der Waals surface area contributed by atoms with Gasteiger partial charge in [0.1, 0.15) is 6.33 Å². The zero-order valence-electron chi connectivity index (χ0n) is 3.63. The Hall–Kier alpha value is -1.12. The van der Waals surface area contributed by atoms with Crippen molar-refractivity contribution in [2.75, 3.05) is 0 Å². The molecule has 0 aliphatic heterocycles. The van der Waals surface area contributed by atoms with Crippen LogP contribution < -0.4 is 5.73 Å². The quantitative estimate of drug-likeness (QED) is 0.467. The van der Waals surface area contributed by atoms with Crippen LogP contribution in [-0.4, -0.2) is 9.97 Å². The average molecular weight is 94.1 g/mol. The molecule has 35 valence electrons. The highest BCUT2D eigenvalue weighted by Gasteiger charge is 1.76. The molecule has 1 aromatic rings. The van der Waals surface area contributed by atoms with Gasteiger partial charge in [0, 0.05) is 0 Å². The van der Waals surface area contributed by atoms with Gasteiger partial charge < -0.3 is 0 Å². The smallest absolute Gasteiger partial charge is 0.115 e. The first-order chi connectivity index (χ1) is 3.39. The first-order valence-electron chi connectivity index (χ1n) is 1.86. The van der Waals surface area contributed by atoms with Crippen LogP contribution in [-0.2, 0) is 0 Å². The van der Waals surface area contributed by atoms with Crippen molar-refractivity contribution in [3.63, 3.8) is 0 Å². The van der Waals surface area contributed by atoms with Gasteiger partial charge in [0.15, 0.2) is 0 Å². The fourth-order valence-electron chi connectivity index (χ4n) is 0.299. The Labute approximate surface area is 41.2 Å². The van der Waals surface area contributed by atoms with Crippen LogP contribution in [0.2, 0.25) is 0 Å². The second-order valence-electron chi connectivity index (χ2n) is 1.13. The van der Waals surface area contributed by atoms with E-state index < -0.39 is 0 Å². The first kappa shape index (κ1) is 4.05. The molecule has 7 heavy (non-hydrogen) atoms. The summed E-state index contributed by atoms with van der Waals surface area (Å²) in [6.45, 7) is 0. The molecular formula is C4H4N3. The first-order valence-corrected chi connectivity index (χ1v) is 1.86. The second-order valence-corrected chi connectivity index (χ2v) is 1.13. The molecule has 0 saturated carbocycles. The van der Waals surface area contributed by atoms with Crippen molar-refractivity contribution in [3.8, 4) is 0 Å². The lowest BCUT2D eigenvalue weighted by atomic mass is 10.6. The van der Waals surface area contributed by atoms with E-state index in [9.17, 15) is 0 Å². The van der Waals surface area contributed by atoms with E-state index in [4.69, 9.17) is 5.73 Å². The van der Waals surface area contributed by atoms with E-state index in [-0.39, 0.29) is 0 Å². The van der Waals surface area contributed by atoms with Crippen LogP contribution in [0.25, 0.3) is 0 Å². The van der Waals surface area contributed by atoms with Gasteiger partial charge in [-0.3, -0.25) is 5.73 Å². The molecule has 3 heteroatoms. The predicted molar refractivity (Wildman–Crippen MR) is 24.8 cm³/mol. The highest BCUT2D eigenvalue weighted by atomic mass is 14.8. The molecule has 0 unspecified atom stereocenters. The van der Waals surface area contributed by atoms with E-state index in [1.807, 2.05) is 0 Å². The average Bonchev–Trinajstić information content (AvgIpc) is 1.69. The Morgan fingerprint density at radius 2 is 1.86 bits per heavy atom. The molecule has 0 spiro atoms. The molecule has 0 aromatic carbocycles. The molecule has 0 amide bonds. The summed E-state index contributed by atoms with van der Waals surface area (Å²) in [4.78, 5) is 7.17. The predicted octanol–water partition coefficient (Wildman–Crippen LogP) is 0.391. The third kappa shape index (κ3) is 0.855. The molecule has 1 aromatic heterocycles. The Morgan fingerprint density at radius 3 is 2.14 bits per heavy atom. The SMILES string of the molecule is [NH]c1cncnc1. The van der Waals surface area contributed by atoms with Crippen LogP contribution in [0.4, 0.5) is 5.69 Å². The molecule has 1 radical (unpaired) electrons. The van der Waals surface area contributed by atoms with Crippen molar-refractivity contribution in [3.05, 3.63) is 18.7 Å². The van der Waals surface area contributed by atoms with Crippen LogP contribution >= 0.6 is 0 Å². The van der Waals surface area contributed by atoms with Crippen LogP contribution in [0.1, 0.15) is 0 Å². The minimum Gasteiger partial charge on any atom is -0.298 e. The van der Waals surface area contributed by atoms with Crippen LogP contribution in [0.15, 0.2) is 18.7 Å². The molecule has 1 heterocycles. The summed E-state index contributed by atoms with van der Waals surface area (Å²) in [6.07, 6.45) is 4.28. The summed E-state index contributed by atoms with van der Waals surface area (Å²) in [5, 5.41) is 0. The fraction of sp³-hybridized carbons (Fsp3) is 0. The molecule has 0 bridgehead atoms. The fourth-order valence-corrected chi connectivity index (χ4v) is 0.299. The zero-order chi connectivity index (χ0) is 5.11. The van der Waals surface area contributed by atoms with E-state index in [0.717, 1.165) is 0 Å². The second kappa shape index (κ2) is 1.55. The maximum Gasteiger partial charge on any atom is 0.115 e. The highest BCUT2D eigenvalue weighted by molar-refractivity contribution is 5.23. The van der Waals surface area contributed by atoms with Gasteiger partial charge in [-0.1, -0.05) is 0 Å². The standard InChI is InChI=1S/C4H4N3/c5-4-1-6-3-7-2-4/h1-3,5H. The monoisotopic (exact) mass is 94.0 g/mol. The van der Waals surface area contributed by atoms with Gasteiger partial charge >= 0.3 is 0 Å². The van der Waals surface area contributed by atoms with E-state index in [1.54, 1.807) is 0 Å². The van der Waals surface area contributed by atoms with E-state index >= 15 is 0 Å². The van der Waals surface area contributed by atoms with Crippen molar-refractivity contribution in [2.24, 2.45) is 0 Å². The number of hydrogen-bond donors (Lipinski definition) is 0. The molecule has 0 fully saturated rings. The third-order valence-electron chi connectivity index (χ3n) is 0.561. The van der Waals surface area contributed by atoms with Gasteiger partial charge in [-0.2, -0.15) is 0 Å². The van der Waals surface area contributed by atoms with Crippen LogP contribution in [0, 0.1) is 0 Å². The highest BCUT2D eigenvalue weighted by Crippen LogP contribution is 1.91. The number of rotatable bonds is 0. The molecule has 0 atom stereocenters. The number of aromatic nitrogens is 2. The molecule has 1 rings (SSSR count). The van der Waals surface area contributed by atoms with Gasteiger partial charge in [-0.25, -0.2) is 9.97 Å². The molecule has 3 nitrogen and oxygen atoms in total. The van der Waals surface area contributed by atoms with Crippen molar-refractivity contribution in [1.29, 1.82) is 0 Å². The largest absolute Gasteiger partial charge is 0.298 e. The molecule has 0 aliphatic rings. The van der Waals surface area contributed by atoms with Gasteiger partial charge in [0.2, 0.25) is 0 Å². The lowest BCUT2D eigenvalue weighted by Gasteiger charge is -1.80. The number of hydrogen-bond acceptors (Lipinski definition) is 2. The molecule has 0 saturated heterocycles. The minimum absolute atomic E-state index is 0.350. The topological polar surface area (TPSA) is 49.6 Å². The lowest BCUT2D eigenvalue weighted by molar-refractivity contribution is 1.15. The van der Waals surface area contributed by atoms with Crippen LogP contribution in [0.5, 0.6) is 0 Å². The maximum atomic E-state index is 6.87. The van der Waals surface area contributed by atoms with E-state index in [0.29, 0.717) is 5.69 Å². The van der Waals surface area contributed by atoms with Gasteiger partial charge in [0.05, 0.1) is 18.1 Å². The van der Waals surface area contributed by atoms with E-state index in [2.05, 4.69) is 9.97 Å². The molecule has 0 aliphatic carbocycles. The van der Waals surface area contributed by atoms with Crippen molar-refractivity contribution in [1.82, 2.24) is 15.7 Å². The summed E-state index contributed by atoms with van der Waals surface area (Å²) in [7, 11) is 0. The summed E-state index contributed by atoms with van der Waals surface area (Å²) in [6, 6.07) is 0. The van der Waals surface area contributed by atoms with Crippen molar-refractivity contribution >= 4 is 5.69 Å². The number of nitrogens with zero attached hydrogens (tertiary/aromatic N) is 2. The Balaban J connectivity index is 3.02. The van der Waals surface area contributed by atoms with Gasteiger partial charge in [0.25, 0.3) is 0 Å². The lowest BCUT2D eigenvalue weighted by Crippen LogP contribution is -1.73. The molecule has 1 N–H and O–H groups in total. The summed E-state index contributed by atoms with van der Waals surface area (Å²) >= 11 is 0. The third-order valence-corrected chi connectivity index (χ3v) is 0.561. The van der Waals surface area contributed by atoms with Crippen molar-refractivity contribution < 1.29 is 0 Å². The zero-order valence-corrected chi connectivity index (χ0v) is 3.63. The summed E-state index contributed by atoms with van der Waals surface area (Å²) in [5.41, 5.74) is 7.22. The summed E-state index contributed by atoms with van der Waals surface area (Å²) in [5.74, 6) is 0. The van der Waals surface area contributed by atoms with Gasteiger partial charge in [-0.05, 0) is 0 Å². The Bertz CT molecular complexity index is 137. The maximum absolute atomic E-state index is 6.87. The summed E-state index contributed by atoms with van der Waals surface area (Å²) < 4.78 is 0. The minimum atomic E-state index is 0.350. The van der Waals surface area contributed by atoms with Crippen LogP contribution in [0.3, 0.4) is 0 Å². The normalized spacial score (nSPS) is 8.57. The Kier molecular flexibility index (Phi) is 0.898. The molecular weight excluding hydrogens is 90.1 g/mol. The number of nitrogens with one attached hydrogen (secondary N) is 1. The van der Waals surface area contributed by atoms with Gasteiger partial charge in [-0.15, -0.1) is 0 Å². The van der Waals surface area contributed by atoms with E-state index in [1.165, 1.54) is 18.7 Å². The van der Waals surface area contributed by atoms with Crippen molar-refractivity contribution in [2.45, 2.75) is 0 Å². The Morgan fingerprint density at radius 1 is 1.29 bits per heavy atom.